The molecule has 1 atom stereocenters. The van der Waals surface area contributed by atoms with Gasteiger partial charge in [-0.25, -0.2) is 4.68 Å². The lowest BCUT2D eigenvalue weighted by Gasteiger charge is -2.07. The van der Waals surface area contributed by atoms with Gasteiger partial charge in [0.2, 0.25) is 0 Å². The number of rotatable bonds is 1. The monoisotopic (exact) mass is 153 g/mol. The van der Waals surface area contributed by atoms with Gasteiger partial charge in [0.1, 0.15) is 0 Å². The van der Waals surface area contributed by atoms with Crippen LogP contribution in [0.1, 0.15) is 12.5 Å². The molecule has 0 saturated carbocycles. The van der Waals surface area contributed by atoms with Gasteiger partial charge in [0.25, 0.3) is 5.56 Å². The number of nitrogens with one attached hydrogen (secondary N) is 2. The zero-order chi connectivity index (χ0) is 7.68. The van der Waals surface area contributed by atoms with Gasteiger partial charge in [-0.05, 0) is 13.0 Å². The zero-order valence-corrected chi connectivity index (χ0v) is 6.21. The first-order valence-corrected chi connectivity index (χ1v) is 3.84. The highest BCUT2D eigenvalue weighted by Crippen LogP contribution is 2.09. The minimum absolute atomic E-state index is 0.0682. The van der Waals surface area contributed by atoms with Crippen LogP contribution in [0.3, 0.4) is 0 Å². The van der Waals surface area contributed by atoms with Crippen LogP contribution in [0.15, 0.2) is 17.1 Å². The van der Waals surface area contributed by atoms with Crippen molar-refractivity contribution in [3.63, 3.8) is 0 Å². The van der Waals surface area contributed by atoms with E-state index in [4.69, 9.17) is 0 Å². The molecule has 1 aromatic rings. The summed E-state index contributed by atoms with van der Waals surface area (Å²) in [4.78, 5) is 11.1. The van der Waals surface area contributed by atoms with E-state index in [9.17, 15) is 4.79 Å². The summed E-state index contributed by atoms with van der Waals surface area (Å²) in [6.07, 6.45) is 2.72. The molecular weight excluding hydrogens is 142 g/mol. The van der Waals surface area contributed by atoms with E-state index in [0.29, 0.717) is 6.04 Å². The van der Waals surface area contributed by atoms with Gasteiger partial charge in [-0.2, -0.15) is 0 Å². The lowest BCUT2D eigenvalue weighted by atomic mass is 10.3. The van der Waals surface area contributed by atoms with Crippen molar-refractivity contribution in [1.29, 1.82) is 0 Å². The van der Waals surface area contributed by atoms with Crippen LogP contribution in [0.2, 0.25) is 0 Å². The van der Waals surface area contributed by atoms with E-state index in [0.717, 1.165) is 19.5 Å². The Morgan fingerprint density at radius 2 is 2.55 bits per heavy atom. The van der Waals surface area contributed by atoms with Crippen LogP contribution in [0.4, 0.5) is 0 Å². The summed E-state index contributed by atoms with van der Waals surface area (Å²) in [6.45, 7) is 1.91. The molecule has 60 valence electrons. The third-order valence-corrected chi connectivity index (χ3v) is 2.08. The van der Waals surface area contributed by atoms with Gasteiger partial charge in [-0.1, -0.05) is 0 Å². The molecule has 0 bridgehead atoms. The van der Waals surface area contributed by atoms with Crippen LogP contribution in [-0.2, 0) is 0 Å². The molecule has 1 unspecified atom stereocenters. The number of aromatic amines is 1. The Morgan fingerprint density at radius 3 is 3.09 bits per heavy atom. The lowest BCUT2D eigenvalue weighted by Crippen LogP contribution is -2.23. The second-order valence-corrected chi connectivity index (χ2v) is 2.82. The van der Waals surface area contributed by atoms with Crippen molar-refractivity contribution in [1.82, 2.24) is 15.1 Å². The van der Waals surface area contributed by atoms with Gasteiger partial charge in [0.05, 0.1) is 6.04 Å². The molecule has 2 N–H and O–H groups in total. The SMILES string of the molecule is O=c1cc[nH]n1C1CCNC1. The fourth-order valence-corrected chi connectivity index (χ4v) is 1.48. The Hall–Kier alpha value is -1.03. The van der Waals surface area contributed by atoms with Crippen molar-refractivity contribution in [2.24, 2.45) is 0 Å². The van der Waals surface area contributed by atoms with E-state index >= 15 is 0 Å². The first-order valence-electron chi connectivity index (χ1n) is 3.84. The van der Waals surface area contributed by atoms with Crippen molar-refractivity contribution in [3.8, 4) is 0 Å². The predicted octanol–water partition coefficient (Wildman–Crippen LogP) is -0.289. The molecule has 0 radical (unpaired) electrons. The highest BCUT2D eigenvalue weighted by Gasteiger charge is 2.17. The van der Waals surface area contributed by atoms with E-state index in [1.54, 1.807) is 16.9 Å². The smallest absolute Gasteiger partial charge is 0.266 e. The van der Waals surface area contributed by atoms with Gasteiger partial charge < -0.3 is 10.4 Å². The van der Waals surface area contributed by atoms with Crippen molar-refractivity contribution < 1.29 is 0 Å². The lowest BCUT2D eigenvalue weighted by molar-refractivity contribution is 0.477. The van der Waals surface area contributed by atoms with E-state index in [1.807, 2.05) is 0 Å². The molecule has 1 aromatic heterocycles. The first-order chi connectivity index (χ1) is 5.38. The Bertz CT molecular complexity index is 282. The third kappa shape index (κ3) is 1.09. The van der Waals surface area contributed by atoms with Crippen LogP contribution in [0.5, 0.6) is 0 Å². The van der Waals surface area contributed by atoms with E-state index in [2.05, 4.69) is 10.4 Å². The second-order valence-electron chi connectivity index (χ2n) is 2.82. The molecule has 11 heavy (non-hydrogen) atoms. The Labute approximate surface area is 64.2 Å². The Balaban J connectivity index is 2.28. The number of H-pyrrole nitrogens is 1. The number of hydrogen-bond donors (Lipinski definition) is 2. The molecule has 2 heterocycles. The molecule has 1 aliphatic rings. The van der Waals surface area contributed by atoms with Gasteiger partial charge in [-0.15, -0.1) is 0 Å². The van der Waals surface area contributed by atoms with Crippen molar-refractivity contribution in [2.75, 3.05) is 13.1 Å². The summed E-state index contributed by atoms with van der Waals surface area (Å²) in [7, 11) is 0. The molecule has 0 aliphatic carbocycles. The molecule has 1 aliphatic heterocycles. The standard InChI is InChI=1S/C7H11N3O/c11-7-2-4-9-10(7)6-1-3-8-5-6/h2,4,6,8-9H,1,3,5H2. The normalized spacial score (nSPS) is 24.2. The molecule has 0 spiro atoms. The average Bonchev–Trinajstić information content (AvgIpc) is 2.55. The third-order valence-electron chi connectivity index (χ3n) is 2.08. The molecule has 4 nitrogen and oxygen atoms in total. The minimum atomic E-state index is 0.0682. The molecule has 4 heteroatoms. The number of nitrogens with zero attached hydrogens (tertiary/aromatic N) is 1. The number of hydrogen-bond acceptors (Lipinski definition) is 2. The maximum absolute atomic E-state index is 11.1. The Kier molecular flexibility index (Phi) is 1.54. The van der Waals surface area contributed by atoms with Crippen LogP contribution in [-0.4, -0.2) is 22.9 Å². The number of aromatic nitrogens is 2. The van der Waals surface area contributed by atoms with E-state index in [1.165, 1.54) is 0 Å². The largest absolute Gasteiger partial charge is 0.315 e. The van der Waals surface area contributed by atoms with Crippen LogP contribution in [0.25, 0.3) is 0 Å². The predicted molar refractivity (Wildman–Crippen MR) is 41.6 cm³/mol. The van der Waals surface area contributed by atoms with E-state index < -0.39 is 0 Å². The summed E-state index contributed by atoms with van der Waals surface area (Å²) in [6, 6.07) is 1.88. The van der Waals surface area contributed by atoms with Gasteiger partial charge in [0.15, 0.2) is 0 Å². The summed E-state index contributed by atoms with van der Waals surface area (Å²) < 4.78 is 1.68. The topological polar surface area (TPSA) is 49.8 Å². The molecule has 0 aromatic carbocycles. The van der Waals surface area contributed by atoms with Crippen molar-refractivity contribution in [2.45, 2.75) is 12.5 Å². The quantitative estimate of drug-likeness (QED) is 0.582. The summed E-state index contributed by atoms with van der Waals surface area (Å²) >= 11 is 0. The van der Waals surface area contributed by atoms with Gasteiger partial charge in [0, 0.05) is 18.8 Å². The van der Waals surface area contributed by atoms with Crippen LogP contribution in [0, 0.1) is 0 Å². The highest BCUT2D eigenvalue weighted by atomic mass is 16.1. The average molecular weight is 153 g/mol. The minimum Gasteiger partial charge on any atom is -0.315 e. The summed E-state index contributed by atoms with van der Waals surface area (Å²) in [5, 5.41) is 6.12. The highest BCUT2D eigenvalue weighted by molar-refractivity contribution is 4.86. The van der Waals surface area contributed by atoms with Crippen molar-refractivity contribution >= 4 is 0 Å². The zero-order valence-electron chi connectivity index (χ0n) is 6.21. The maximum atomic E-state index is 11.1. The Morgan fingerprint density at radius 1 is 1.64 bits per heavy atom. The molecular formula is C7H11N3O. The second kappa shape index (κ2) is 2.54. The fourth-order valence-electron chi connectivity index (χ4n) is 1.48. The van der Waals surface area contributed by atoms with E-state index in [-0.39, 0.29) is 5.56 Å². The molecule has 0 amide bonds. The summed E-state index contributed by atoms with van der Waals surface area (Å²) in [5.41, 5.74) is 0.0682. The molecule has 1 saturated heterocycles. The first kappa shape index (κ1) is 6.67. The molecule has 1 fully saturated rings. The fraction of sp³-hybridized carbons (Fsp3) is 0.571. The van der Waals surface area contributed by atoms with Crippen molar-refractivity contribution in [3.05, 3.63) is 22.6 Å². The molecule has 2 rings (SSSR count). The van der Waals surface area contributed by atoms with Gasteiger partial charge in [-0.3, -0.25) is 4.79 Å². The summed E-state index contributed by atoms with van der Waals surface area (Å²) in [5.74, 6) is 0. The van der Waals surface area contributed by atoms with Crippen LogP contribution < -0.4 is 10.9 Å². The van der Waals surface area contributed by atoms with Gasteiger partial charge >= 0.3 is 0 Å². The van der Waals surface area contributed by atoms with Crippen LogP contribution >= 0.6 is 0 Å². The maximum Gasteiger partial charge on any atom is 0.266 e.